The van der Waals surface area contributed by atoms with Crippen molar-refractivity contribution in [3.63, 3.8) is 0 Å². The van der Waals surface area contributed by atoms with Gasteiger partial charge in [-0.15, -0.1) is 0 Å². The number of amides is 1. The SMILES string of the molecule is COc1cc([C@@H]2c3c(oc4ccc(F)cc4c3=O)C(=O)N2CCCN(C)C)cc(OC)c1OC. The fourth-order valence-corrected chi connectivity index (χ4v) is 4.39. The van der Waals surface area contributed by atoms with Crippen molar-refractivity contribution < 1.29 is 27.8 Å². The Kier molecular flexibility index (Phi) is 6.47. The molecule has 1 aliphatic heterocycles. The van der Waals surface area contributed by atoms with E-state index in [1.54, 1.807) is 17.0 Å². The van der Waals surface area contributed by atoms with Crippen molar-refractivity contribution >= 4 is 16.9 Å². The van der Waals surface area contributed by atoms with Crippen LogP contribution in [0.4, 0.5) is 4.39 Å². The van der Waals surface area contributed by atoms with Crippen LogP contribution in [-0.4, -0.2) is 64.2 Å². The summed E-state index contributed by atoms with van der Waals surface area (Å²) in [5, 5.41) is 0.0825. The number of carbonyl (C=O) groups excluding carboxylic acids is 1. The number of hydrogen-bond donors (Lipinski definition) is 0. The second kappa shape index (κ2) is 9.34. The highest BCUT2D eigenvalue weighted by atomic mass is 19.1. The van der Waals surface area contributed by atoms with E-state index >= 15 is 0 Å². The van der Waals surface area contributed by atoms with Crippen LogP contribution in [0.3, 0.4) is 0 Å². The highest BCUT2D eigenvalue weighted by Gasteiger charge is 2.43. The Morgan fingerprint density at radius 3 is 2.29 bits per heavy atom. The Morgan fingerprint density at radius 1 is 1.03 bits per heavy atom. The van der Waals surface area contributed by atoms with E-state index in [1.807, 2.05) is 19.0 Å². The number of methoxy groups -OCH3 is 3. The molecule has 0 bridgehead atoms. The second-order valence-electron chi connectivity index (χ2n) is 8.33. The van der Waals surface area contributed by atoms with Gasteiger partial charge >= 0.3 is 0 Å². The Bertz CT molecular complexity index is 1280. The van der Waals surface area contributed by atoms with Crippen LogP contribution < -0.4 is 19.6 Å². The van der Waals surface area contributed by atoms with Gasteiger partial charge in [0.2, 0.25) is 11.5 Å². The molecule has 4 rings (SSSR count). The molecule has 0 N–H and O–H groups in total. The molecule has 1 aliphatic rings. The minimum Gasteiger partial charge on any atom is -0.493 e. The monoisotopic (exact) mass is 470 g/mol. The number of carbonyl (C=O) groups is 1. The summed E-state index contributed by atoms with van der Waals surface area (Å²) in [4.78, 5) is 30.7. The van der Waals surface area contributed by atoms with Crippen LogP contribution in [0.5, 0.6) is 17.2 Å². The molecule has 0 aliphatic carbocycles. The smallest absolute Gasteiger partial charge is 0.290 e. The highest BCUT2D eigenvalue weighted by Crippen LogP contribution is 2.45. The summed E-state index contributed by atoms with van der Waals surface area (Å²) in [6, 6.07) is 6.35. The van der Waals surface area contributed by atoms with Gasteiger partial charge < -0.3 is 28.4 Å². The van der Waals surface area contributed by atoms with Gasteiger partial charge in [0.1, 0.15) is 11.4 Å². The maximum Gasteiger partial charge on any atom is 0.290 e. The van der Waals surface area contributed by atoms with Crippen LogP contribution in [-0.2, 0) is 0 Å². The van der Waals surface area contributed by atoms with Gasteiger partial charge in [-0.2, -0.15) is 0 Å². The van der Waals surface area contributed by atoms with Crippen LogP contribution in [0.25, 0.3) is 11.0 Å². The second-order valence-corrected chi connectivity index (χ2v) is 8.33. The predicted octanol–water partition coefficient (Wildman–Crippen LogP) is 3.45. The maximum atomic E-state index is 14.0. The molecule has 0 spiro atoms. The zero-order chi connectivity index (χ0) is 24.6. The van der Waals surface area contributed by atoms with Crippen molar-refractivity contribution in [1.82, 2.24) is 9.80 Å². The normalized spacial score (nSPS) is 15.2. The minimum absolute atomic E-state index is 0.0345. The van der Waals surface area contributed by atoms with Crippen molar-refractivity contribution in [2.45, 2.75) is 12.5 Å². The Balaban J connectivity index is 1.95. The number of nitrogens with zero attached hydrogens (tertiary/aromatic N) is 2. The molecule has 3 aromatic rings. The van der Waals surface area contributed by atoms with Gasteiger partial charge in [0.05, 0.1) is 38.3 Å². The topological polar surface area (TPSA) is 81.5 Å². The molecule has 1 atom stereocenters. The molecule has 1 aromatic heterocycles. The van der Waals surface area contributed by atoms with Gasteiger partial charge in [0, 0.05) is 6.54 Å². The Morgan fingerprint density at radius 2 is 1.71 bits per heavy atom. The van der Waals surface area contributed by atoms with E-state index in [-0.39, 0.29) is 22.3 Å². The third-order valence-electron chi connectivity index (χ3n) is 5.93. The summed E-state index contributed by atoms with van der Waals surface area (Å²) < 4.78 is 36.2. The standard InChI is InChI=1S/C25H27FN2O6/c1-27(2)9-6-10-28-21(14-11-18(31-3)23(33-5)19(12-14)32-4)20-22(29)16-13-15(26)7-8-17(16)34-24(20)25(28)30/h7-8,11-13,21H,6,9-10H2,1-5H3/t21-/m1/s1. The lowest BCUT2D eigenvalue weighted by Gasteiger charge is -2.27. The summed E-state index contributed by atoms with van der Waals surface area (Å²) in [6.45, 7) is 1.13. The molecule has 0 saturated heterocycles. The van der Waals surface area contributed by atoms with Crippen molar-refractivity contribution in [3.05, 3.63) is 63.3 Å². The van der Waals surface area contributed by atoms with Crippen LogP contribution in [0.2, 0.25) is 0 Å². The van der Waals surface area contributed by atoms with Crippen molar-refractivity contribution in [3.8, 4) is 17.2 Å². The fraction of sp³-hybridized carbons (Fsp3) is 0.360. The van der Waals surface area contributed by atoms with E-state index in [0.717, 1.165) is 12.6 Å². The summed E-state index contributed by atoms with van der Waals surface area (Å²) >= 11 is 0. The minimum atomic E-state index is -0.762. The molecule has 2 aromatic carbocycles. The molecule has 1 amide bonds. The molecule has 8 nitrogen and oxygen atoms in total. The Hall–Kier alpha value is -3.59. The summed E-state index contributed by atoms with van der Waals surface area (Å²) in [7, 11) is 8.38. The summed E-state index contributed by atoms with van der Waals surface area (Å²) in [6.07, 6.45) is 0.677. The maximum absolute atomic E-state index is 14.0. The lowest BCUT2D eigenvalue weighted by Crippen LogP contribution is -2.32. The van der Waals surface area contributed by atoms with E-state index < -0.39 is 23.2 Å². The molecule has 0 saturated carbocycles. The molecule has 0 radical (unpaired) electrons. The molecular formula is C25H27FN2O6. The van der Waals surface area contributed by atoms with Crippen LogP contribution in [0.1, 0.15) is 34.1 Å². The van der Waals surface area contributed by atoms with Gasteiger partial charge in [-0.05, 0) is 63.0 Å². The molecule has 0 unspecified atom stereocenters. The van der Waals surface area contributed by atoms with Gasteiger partial charge in [-0.1, -0.05) is 0 Å². The summed E-state index contributed by atoms with van der Waals surface area (Å²) in [5.41, 5.74) is 0.479. The number of halogens is 1. The molecule has 180 valence electrons. The molecule has 2 heterocycles. The van der Waals surface area contributed by atoms with E-state index in [9.17, 15) is 14.0 Å². The lowest BCUT2D eigenvalue weighted by molar-refractivity contribution is 0.0722. The first-order valence-electron chi connectivity index (χ1n) is 10.8. The zero-order valence-electron chi connectivity index (χ0n) is 19.8. The van der Waals surface area contributed by atoms with Crippen molar-refractivity contribution in [2.75, 3.05) is 48.5 Å². The van der Waals surface area contributed by atoms with Crippen LogP contribution in [0, 0.1) is 5.82 Å². The molecule has 34 heavy (non-hydrogen) atoms. The largest absolute Gasteiger partial charge is 0.493 e. The Labute approximate surface area is 196 Å². The average molecular weight is 470 g/mol. The number of hydrogen-bond acceptors (Lipinski definition) is 7. The van der Waals surface area contributed by atoms with Crippen LogP contribution in [0.15, 0.2) is 39.5 Å². The first-order chi connectivity index (χ1) is 16.3. The van der Waals surface area contributed by atoms with E-state index in [4.69, 9.17) is 18.6 Å². The predicted molar refractivity (Wildman–Crippen MR) is 125 cm³/mol. The van der Waals surface area contributed by atoms with Crippen molar-refractivity contribution in [1.29, 1.82) is 0 Å². The molecule has 0 fully saturated rings. The van der Waals surface area contributed by atoms with Gasteiger partial charge in [0.15, 0.2) is 16.9 Å². The van der Waals surface area contributed by atoms with E-state index in [2.05, 4.69) is 0 Å². The highest BCUT2D eigenvalue weighted by molar-refractivity contribution is 5.99. The quantitative estimate of drug-likeness (QED) is 0.499. The first-order valence-corrected chi connectivity index (χ1v) is 10.8. The number of benzene rings is 2. The number of fused-ring (bicyclic) bond motifs is 2. The summed E-state index contributed by atoms with van der Waals surface area (Å²) in [5.74, 6) is 0.189. The third kappa shape index (κ3) is 3.96. The van der Waals surface area contributed by atoms with Crippen LogP contribution >= 0.6 is 0 Å². The fourth-order valence-electron chi connectivity index (χ4n) is 4.39. The van der Waals surface area contributed by atoms with Gasteiger partial charge in [0.25, 0.3) is 5.91 Å². The first kappa shape index (κ1) is 23.6. The van der Waals surface area contributed by atoms with E-state index in [1.165, 1.54) is 33.5 Å². The zero-order valence-corrected chi connectivity index (χ0v) is 19.8. The number of ether oxygens (including phenoxy) is 3. The van der Waals surface area contributed by atoms with Crippen molar-refractivity contribution in [2.24, 2.45) is 0 Å². The molecular weight excluding hydrogens is 443 g/mol. The molecule has 9 heteroatoms. The average Bonchev–Trinajstić information content (AvgIpc) is 3.10. The number of rotatable bonds is 8. The lowest BCUT2D eigenvalue weighted by atomic mass is 9.97. The third-order valence-corrected chi connectivity index (χ3v) is 5.93. The van der Waals surface area contributed by atoms with Gasteiger partial charge in [-0.25, -0.2) is 4.39 Å². The van der Waals surface area contributed by atoms with E-state index in [0.29, 0.717) is 35.8 Å². The van der Waals surface area contributed by atoms with Gasteiger partial charge in [-0.3, -0.25) is 9.59 Å².